The van der Waals surface area contributed by atoms with Gasteiger partial charge in [0.25, 0.3) is 0 Å². The van der Waals surface area contributed by atoms with Gasteiger partial charge in [-0.05, 0) is 25.1 Å². The summed E-state index contributed by atoms with van der Waals surface area (Å²) in [6.45, 7) is -1.08. The third-order valence-corrected chi connectivity index (χ3v) is 11.4. The van der Waals surface area contributed by atoms with E-state index in [2.05, 4.69) is 0 Å². The molecule has 20 atom stereocenters. The van der Waals surface area contributed by atoms with Crippen molar-refractivity contribution in [2.45, 2.75) is 130 Å². The second-order valence-corrected chi connectivity index (χ2v) is 15.7. The van der Waals surface area contributed by atoms with E-state index in [0.717, 1.165) is 30.3 Å². The normalized spacial score (nSPS) is 40.6. The molecule has 5 heterocycles. The van der Waals surface area contributed by atoms with Gasteiger partial charge in [0.05, 0.1) is 25.9 Å². The monoisotopic (exact) mass is 918 g/mol. The van der Waals surface area contributed by atoms with Crippen LogP contribution >= 0.6 is 0 Å². The number of aliphatic hydroxyl groups excluding tert-OH is 13. The highest BCUT2D eigenvalue weighted by molar-refractivity contribution is 5.86. The molecular weight excluding hydrogens is 868 g/mol. The maximum absolute atomic E-state index is 13.3. The maximum atomic E-state index is 13.3. The Morgan fingerprint density at radius 1 is 0.531 bits per heavy atom. The molecule has 0 saturated carbocycles. The van der Waals surface area contributed by atoms with Crippen LogP contribution in [0.2, 0.25) is 0 Å². The van der Waals surface area contributed by atoms with Gasteiger partial charge in [0, 0.05) is 23.8 Å². The highest BCUT2D eigenvalue weighted by Crippen LogP contribution is 2.39. The number of fused-ring (bicyclic) bond motifs is 1. The minimum Gasteiger partial charge on any atom is -0.507 e. The van der Waals surface area contributed by atoms with Gasteiger partial charge in [0.2, 0.25) is 12.6 Å². The minimum absolute atomic E-state index is 0.0385. The average molecular weight is 919 g/mol. The fraction of sp³-hybridized carbons (Fsp3) is 0.615. The Labute approximate surface area is 360 Å². The summed E-state index contributed by atoms with van der Waals surface area (Å²) < 4.78 is 51.0. The van der Waals surface area contributed by atoms with Crippen molar-refractivity contribution in [3.05, 3.63) is 46.6 Å². The van der Waals surface area contributed by atoms with E-state index in [1.807, 2.05) is 0 Å². The molecule has 4 aliphatic rings. The highest BCUT2D eigenvalue weighted by atomic mass is 16.8. The van der Waals surface area contributed by atoms with Crippen molar-refractivity contribution in [2.24, 2.45) is 0 Å². The molecule has 7 rings (SSSR count). The molecule has 3 aromatic rings. The van der Waals surface area contributed by atoms with E-state index in [1.165, 1.54) is 13.0 Å². The lowest BCUT2D eigenvalue weighted by atomic mass is 9.97. The zero-order valence-corrected chi connectivity index (χ0v) is 33.4. The van der Waals surface area contributed by atoms with Gasteiger partial charge in [-0.3, -0.25) is 4.79 Å². The van der Waals surface area contributed by atoms with Gasteiger partial charge < -0.3 is 119 Å². The summed E-state index contributed by atoms with van der Waals surface area (Å²) in [4.78, 5) is 13.3. The lowest BCUT2D eigenvalue weighted by molar-refractivity contribution is -0.358. The summed E-state index contributed by atoms with van der Waals surface area (Å²) in [5, 5.41) is 156. The average Bonchev–Trinajstić information content (AvgIpc) is 3.26. The van der Waals surface area contributed by atoms with Gasteiger partial charge >= 0.3 is 0 Å². The maximum Gasteiger partial charge on any atom is 0.229 e. The number of aromatic hydroxyl groups is 2. The first-order valence-electron chi connectivity index (χ1n) is 19.9. The molecule has 0 spiro atoms. The van der Waals surface area contributed by atoms with E-state index >= 15 is 0 Å². The Kier molecular flexibility index (Phi) is 14.6. The van der Waals surface area contributed by atoms with Crippen molar-refractivity contribution >= 4 is 11.0 Å². The molecule has 0 bridgehead atoms. The molecule has 0 unspecified atom stereocenters. The smallest absolute Gasteiger partial charge is 0.229 e. The molecule has 4 saturated heterocycles. The number of phenolic OH excluding ortho intramolecular Hbond substituents is 2. The lowest BCUT2D eigenvalue weighted by Gasteiger charge is -2.45. The molecule has 2 aromatic carbocycles. The summed E-state index contributed by atoms with van der Waals surface area (Å²) in [7, 11) is 0. The van der Waals surface area contributed by atoms with Crippen molar-refractivity contribution in [1.29, 1.82) is 0 Å². The van der Waals surface area contributed by atoms with E-state index in [9.17, 15) is 81.4 Å². The molecule has 0 radical (unpaired) electrons. The zero-order chi connectivity index (χ0) is 46.5. The van der Waals surface area contributed by atoms with Crippen LogP contribution in [0.15, 0.2) is 45.6 Å². The molecule has 0 aliphatic carbocycles. The number of hydrogen-bond acceptors (Lipinski definition) is 25. The minimum atomic E-state index is -1.94. The molecule has 356 valence electrons. The summed E-state index contributed by atoms with van der Waals surface area (Å²) in [6.07, 6.45) is -33.9. The van der Waals surface area contributed by atoms with Gasteiger partial charge in [-0.2, -0.15) is 0 Å². The number of benzene rings is 2. The second kappa shape index (κ2) is 19.5. The van der Waals surface area contributed by atoms with Crippen LogP contribution in [0.25, 0.3) is 22.3 Å². The quantitative estimate of drug-likeness (QED) is 0.0804. The molecule has 15 N–H and O–H groups in total. The first-order valence-corrected chi connectivity index (χ1v) is 19.9. The fourth-order valence-electron chi connectivity index (χ4n) is 7.69. The standard InChI is InChI=1S/C39H50O25/c1-11-24(46)28(50)32(54)36(56-11)63-34-30(52)26(48)21(9-41)61-38(34)57-13-5-15(44)23-16(45)7-18(58-19(23)6-13)12-2-3-17(14(43)4-12)59-39-35(31(53)27(49)22(10-42)62-39)64-37-33(55)29(51)25(47)20(8-40)60-37/h2-7,11,20-22,24-44,46-55H,8-10H2,1H3/t11-,20+,21+,22+,24-,25+,26+,27+,28+,29-,30-,31-,32+,33+,34+,35+,36-,37-,38+,39+/m0/s1. The number of phenols is 2. The van der Waals surface area contributed by atoms with Gasteiger partial charge in [0.15, 0.2) is 41.7 Å². The highest BCUT2D eigenvalue weighted by Gasteiger charge is 2.53. The number of aliphatic hydroxyl groups is 13. The molecule has 1 aromatic heterocycles. The summed E-state index contributed by atoms with van der Waals surface area (Å²) in [5.74, 6) is -2.15. The van der Waals surface area contributed by atoms with Crippen LogP contribution in [0.5, 0.6) is 23.0 Å². The summed E-state index contributed by atoms with van der Waals surface area (Å²) >= 11 is 0. The van der Waals surface area contributed by atoms with Crippen LogP contribution in [0.4, 0.5) is 0 Å². The molecule has 4 aliphatic heterocycles. The first kappa shape index (κ1) is 48.0. The van der Waals surface area contributed by atoms with Gasteiger partial charge in [-0.25, -0.2) is 0 Å². The van der Waals surface area contributed by atoms with Crippen LogP contribution in [0.3, 0.4) is 0 Å². The summed E-state index contributed by atoms with van der Waals surface area (Å²) in [5.41, 5.74) is -1.04. The lowest BCUT2D eigenvalue weighted by Crippen LogP contribution is -2.65. The molecule has 4 fully saturated rings. The van der Waals surface area contributed by atoms with Crippen LogP contribution in [-0.2, 0) is 28.4 Å². The molecule has 25 nitrogen and oxygen atoms in total. The third kappa shape index (κ3) is 9.25. The SMILES string of the molecule is C[C@@H]1O[C@@H](O[C@H]2[C@H](Oc3cc(O)c4c(=O)cc(-c5ccc(O[C@@H]6O[C@H](CO)[C@@H](O)[C@H](O)[C@H]6O[C@@H]6O[C@H](CO)[C@@H](O)[C@H](O)[C@H]6O)c(O)c5)oc4c3)O[C@H](CO)[C@@H](O)[C@@H]2O)[C@H](O)[C@H](O)[C@H]1O. The number of ether oxygens (including phenoxy) is 8. The zero-order valence-electron chi connectivity index (χ0n) is 33.4. The van der Waals surface area contributed by atoms with E-state index in [0.29, 0.717) is 0 Å². The van der Waals surface area contributed by atoms with Gasteiger partial charge in [-0.1, -0.05) is 0 Å². The molecular formula is C39H50O25. The van der Waals surface area contributed by atoms with Crippen molar-refractivity contribution in [1.82, 2.24) is 0 Å². The Morgan fingerprint density at radius 2 is 1.03 bits per heavy atom. The second-order valence-electron chi connectivity index (χ2n) is 15.7. The predicted octanol–water partition coefficient (Wildman–Crippen LogP) is -6.10. The Balaban J connectivity index is 1.13. The Bertz CT molecular complexity index is 2120. The Hall–Kier alpha value is -3.91. The first-order chi connectivity index (χ1) is 30.4. The Morgan fingerprint density at radius 3 is 1.58 bits per heavy atom. The topological polar surface area (TPSA) is 408 Å². The van der Waals surface area contributed by atoms with Crippen LogP contribution in [-0.4, -0.2) is 219 Å². The largest absolute Gasteiger partial charge is 0.507 e. The van der Waals surface area contributed by atoms with Crippen molar-refractivity contribution < 1.29 is 119 Å². The van der Waals surface area contributed by atoms with Crippen molar-refractivity contribution in [3.63, 3.8) is 0 Å². The molecule has 64 heavy (non-hydrogen) atoms. The summed E-state index contributed by atoms with van der Waals surface area (Å²) in [6, 6.07) is 6.62. The van der Waals surface area contributed by atoms with E-state index in [-0.39, 0.29) is 33.8 Å². The van der Waals surface area contributed by atoms with Gasteiger partial charge in [0.1, 0.15) is 108 Å². The fourth-order valence-corrected chi connectivity index (χ4v) is 7.69. The van der Waals surface area contributed by atoms with Crippen LogP contribution in [0, 0.1) is 0 Å². The van der Waals surface area contributed by atoms with E-state index in [1.54, 1.807) is 0 Å². The third-order valence-electron chi connectivity index (χ3n) is 11.4. The predicted molar refractivity (Wildman–Crippen MR) is 204 cm³/mol. The van der Waals surface area contributed by atoms with Crippen molar-refractivity contribution in [3.8, 4) is 34.3 Å². The van der Waals surface area contributed by atoms with Crippen molar-refractivity contribution in [2.75, 3.05) is 19.8 Å². The van der Waals surface area contributed by atoms with Gasteiger partial charge in [-0.15, -0.1) is 0 Å². The molecule has 0 amide bonds. The van der Waals surface area contributed by atoms with E-state index < -0.39 is 160 Å². The van der Waals surface area contributed by atoms with Crippen LogP contribution < -0.4 is 14.9 Å². The number of rotatable bonds is 12. The number of hydrogen-bond donors (Lipinski definition) is 15. The van der Waals surface area contributed by atoms with E-state index in [4.69, 9.17) is 42.3 Å². The van der Waals surface area contributed by atoms with Crippen LogP contribution in [0.1, 0.15) is 6.92 Å². The molecule has 25 heteroatoms.